The van der Waals surface area contributed by atoms with Crippen LogP contribution in [0.2, 0.25) is 0 Å². The number of amides is 1. The Bertz CT molecular complexity index is 985. The summed E-state index contributed by atoms with van der Waals surface area (Å²) in [5.41, 5.74) is 0.920. The molecule has 142 valence electrons. The van der Waals surface area contributed by atoms with Crippen molar-refractivity contribution in [3.8, 4) is 23.8 Å². The van der Waals surface area contributed by atoms with Crippen LogP contribution in [0.5, 0.6) is 11.5 Å². The molecule has 0 aromatic heterocycles. The van der Waals surface area contributed by atoms with Crippen molar-refractivity contribution in [3.05, 3.63) is 65.2 Å². The average Bonchev–Trinajstić information content (AvgIpc) is 2.98. The normalized spacial score (nSPS) is 18.0. The topological polar surface area (TPSA) is 76.1 Å². The summed E-state index contributed by atoms with van der Waals surface area (Å²) in [6, 6.07) is 12.7. The lowest BCUT2D eigenvalue weighted by atomic mass is 9.94. The summed E-state index contributed by atoms with van der Waals surface area (Å²) in [7, 11) is 3.03. The first-order valence-corrected chi connectivity index (χ1v) is 8.52. The molecule has 1 saturated heterocycles. The number of ether oxygens (including phenoxy) is 2. The van der Waals surface area contributed by atoms with Crippen LogP contribution >= 0.6 is 0 Å². The third kappa shape index (κ3) is 3.19. The van der Waals surface area contributed by atoms with Crippen molar-refractivity contribution in [3.63, 3.8) is 0 Å². The Labute approximate surface area is 163 Å². The Morgan fingerprint density at radius 2 is 1.79 bits per heavy atom. The van der Waals surface area contributed by atoms with Crippen molar-refractivity contribution in [1.29, 1.82) is 0 Å². The standard InChI is InChI=1S/C22H19NO5/c1-4-13-23-19(16-7-5-6-8-17(16)28-3)18(21(25)22(23)26)20(24)14-9-11-15(27-2)12-10-14/h1,5-12,19,24H,13H2,2-3H3/b20-18-. The van der Waals surface area contributed by atoms with Gasteiger partial charge in [-0.2, -0.15) is 0 Å². The minimum absolute atomic E-state index is 0.0325. The lowest BCUT2D eigenvalue weighted by Crippen LogP contribution is -2.30. The number of carbonyl (C=O) groups is 2. The smallest absolute Gasteiger partial charge is 0.296 e. The predicted octanol–water partition coefficient (Wildman–Crippen LogP) is 2.76. The van der Waals surface area contributed by atoms with Gasteiger partial charge in [-0.1, -0.05) is 24.1 Å². The second-order valence-corrected chi connectivity index (χ2v) is 6.10. The molecule has 1 unspecified atom stereocenters. The summed E-state index contributed by atoms with van der Waals surface area (Å²) in [4.78, 5) is 26.6. The van der Waals surface area contributed by atoms with Gasteiger partial charge in [-0.25, -0.2) is 0 Å². The molecule has 0 saturated carbocycles. The van der Waals surface area contributed by atoms with Gasteiger partial charge in [0, 0.05) is 11.1 Å². The second kappa shape index (κ2) is 7.89. The Balaban J connectivity index is 2.21. The molecule has 0 radical (unpaired) electrons. The molecule has 2 aromatic carbocycles. The van der Waals surface area contributed by atoms with Gasteiger partial charge in [0.1, 0.15) is 17.3 Å². The molecule has 1 N–H and O–H groups in total. The lowest BCUT2D eigenvalue weighted by Gasteiger charge is -2.24. The van der Waals surface area contributed by atoms with E-state index in [1.54, 1.807) is 48.5 Å². The first-order valence-electron chi connectivity index (χ1n) is 8.52. The number of aliphatic hydroxyl groups is 1. The van der Waals surface area contributed by atoms with E-state index >= 15 is 0 Å². The van der Waals surface area contributed by atoms with Crippen LogP contribution in [0.25, 0.3) is 5.76 Å². The number of hydrogen-bond acceptors (Lipinski definition) is 5. The van der Waals surface area contributed by atoms with E-state index in [1.165, 1.54) is 19.1 Å². The molecular formula is C22H19NO5. The highest BCUT2D eigenvalue weighted by Crippen LogP contribution is 2.42. The number of para-hydroxylation sites is 1. The highest BCUT2D eigenvalue weighted by Gasteiger charge is 2.46. The average molecular weight is 377 g/mol. The summed E-state index contributed by atoms with van der Waals surface area (Å²) in [6.07, 6.45) is 5.41. The largest absolute Gasteiger partial charge is 0.507 e. The number of hydrogen-bond donors (Lipinski definition) is 1. The maximum Gasteiger partial charge on any atom is 0.296 e. The molecule has 2 aromatic rings. The molecule has 1 amide bonds. The van der Waals surface area contributed by atoms with Gasteiger partial charge < -0.3 is 19.5 Å². The van der Waals surface area contributed by atoms with E-state index in [1.807, 2.05) is 0 Å². The zero-order valence-electron chi connectivity index (χ0n) is 15.5. The van der Waals surface area contributed by atoms with Crippen LogP contribution in [-0.4, -0.2) is 42.5 Å². The Morgan fingerprint density at radius 1 is 1.11 bits per heavy atom. The summed E-state index contributed by atoms with van der Waals surface area (Å²) >= 11 is 0. The van der Waals surface area contributed by atoms with Gasteiger partial charge in [0.05, 0.1) is 32.4 Å². The number of rotatable bonds is 5. The van der Waals surface area contributed by atoms with Crippen LogP contribution in [0.3, 0.4) is 0 Å². The van der Waals surface area contributed by atoms with Crippen molar-refractivity contribution in [1.82, 2.24) is 4.90 Å². The van der Waals surface area contributed by atoms with Crippen molar-refractivity contribution in [2.75, 3.05) is 20.8 Å². The van der Waals surface area contributed by atoms with E-state index in [0.717, 1.165) is 0 Å². The van der Waals surface area contributed by atoms with Gasteiger partial charge in [-0.15, -0.1) is 6.42 Å². The van der Waals surface area contributed by atoms with Crippen LogP contribution in [0.15, 0.2) is 54.1 Å². The van der Waals surface area contributed by atoms with E-state index in [9.17, 15) is 14.7 Å². The highest BCUT2D eigenvalue weighted by atomic mass is 16.5. The minimum atomic E-state index is -0.852. The number of nitrogens with zero attached hydrogens (tertiary/aromatic N) is 1. The molecular weight excluding hydrogens is 358 g/mol. The molecule has 1 aliphatic rings. The number of likely N-dealkylation sites (tertiary alicyclic amines) is 1. The predicted molar refractivity (Wildman–Crippen MR) is 104 cm³/mol. The molecule has 0 bridgehead atoms. The molecule has 1 atom stereocenters. The van der Waals surface area contributed by atoms with Crippen LogP contribution in [-0.2, 0) is 9.59 Å². The molecule has 6 nitrogen and oxygen atoms in total. The van der Waals surface area contributed by atoms with E-state index in [2.05, 4.69) is 5.92 Å². The molecule has 1 heterocycles. The van der Waals surface area contributed by atoms with Crippen molar-refractivity contribution < 1.29 is 24.2 Å². The van der Waals surface area contributed by atoms with E-state index in [0.29, 0.717) is 22.6 Å². The fourth-order valence-electron chi connectivity index (χ4n) is 3.26. The minimum Gasteiger partial charge on any atom is -0.507 e. The Morgan fingerprint density at radius 3 is 2.39 bits per heavy atom. The Kier molecular flexibility index (Phi) is 5.37. The van der Waals surface area contributed by atoms with Crippen molar-refractivity contribution in [2.45, 2.75) is 6.04 Å². The van der Waals surface area contributed by atoms with Crippen LogP contribution in [0.1, 0.15) is 17.2 Å². The van der Waals surface area contributed by atoms with E-state index < -0.39 is 17.7 Å². The van der Waals surface area contributed by atoms with Crippen LogP contribution in [0, 0.1) is 12.3 Å². The van der Waals surface area contributed by atoms with Crippen LogP contribution in [0.4, 0.5) is 0 Å². The zero-order chi connectivity index (χ0) is 20.3. The first kappa shape index (κ1) is 19.1. The van der Waals surface area contributed by atoms with Crippen LogP contribution < -0.4 is 9.47 Å². The fraction of sp³-hybridized carbons (Fsp3) is 0.182. The summed E-state index contributed by atoms with van der Waals surface area (Å²) in [6.45, 7) is -0.0767. The Hall–Kier alpha value is -3.72. The van der Waals surface area contributed by atoms with Crippen molar-refractivity contribution >= 4 is 17.4 Å². The van der Waals surface area contributed by atoms with Gasteiger partial charge in [0.25, 0.3) is 11.7 Å². The quantitative estimate of drug-likeness (QED) is 0.375. The number of ketones is 1. The zero-order valence-corrected chi connectivity index (χ0v) is 15.5. The third-order valence-electron chi connectivity index (χ3n) is 4.60. The van der Waals surface area contributed by atoms with E-state index in [-0.39, 0.29) is 17.9 Å². The molecule has 28 heavy (non-hydrogen) atoms. The third-order valence-corrected chi connectivity index (χ3v) is 4.60. The van der Waals surface area contributed by atoms with E-state index in [4.69, 9.17) is 15.9 Å². The number of benzene rings is 2. The summed E-state index contributed by atoms with van der Waals surface area (Å²) in [5, 5.41) is 10.9. The number of Topliss-reactive ketones (excluding diaryl/α,β-unsaturated/α-hetero) is 1. The molecule has 0 aliphatic carbocycles. The van der Waals surface area contributed by atoms with Gasteiger partial charge in [0.2, 0.25) is 0 Å². The molecule has 1 aliphatic heterocycles. The van der Waals surface area contributed by atoms with Gasteiger partial charge in [-0.3, -0.25) is 9.59 Å². The van der Waals surface area contributed by atoms with Crippen molar-refractivity contribution in [2.24, 2.45) is 0 Å². The SMILES string of the molecule is C#CCN1C(=O)C(=O)/C(=C(\O)c2ccc(OC)cc2)C1c1ccccc1OC. The molecule has 0 spiro atoms. The van der Waals surface area contributed by atoms with Gasteiger partial charge in [-0.05, 0) is 30.3 Å². The first-order chi connectivity index (χ1) is 13.5. The summed E-state index contributed by atoms with van der Waals surface area (Å²) in [5.74, 6) is 1.66. The van der Waals surface area contributed by atoms with Gasteiger partial charge in [0.15, 0.2) is 0 Å². The number of carbonyl (C=O) groups excluding carboxylic acids is 2. The maximum absolute atomic E-state index is 12.8. The molecule has 3 rings (SSSR count). The monoisotopic (exact) mass is 377 g/mol. The number of terminal acetylenes is 1. The molecule has 1 fully saturated rings. The molecule has 6 heteroatoms. The summed E-state index contributed by atoms with van der Waals surface area (Å²) < 4.78 is 10.5. The fourth-order valence-corrected chi connectivity index (χ4v) is 3.26. The lowest BCUT2D eigenvalue weighted by molar-refractivity contribution is -0.139. The number of methoxy groups -OCH3 is 2. The maximum atomic E-state index is 12.8. The van der Waals surface area contributed by atoms with Gasteiger partial charge >= 0.3 is 0 Å². The number of aliphatic hydroxyl groups excluding tert-OH is 1. The second-order valence-electron chi connectivity index (χ2n) is 6.10. The highest BCUT2D eigenvalue weighted by molar-refractivity contribution is 6.46.